The molecule has 0 bridgehead atoms. The predicted octanol–water partition coefficient (Wildman–Crippen LogP) is 0.962. The number of likely N-dealkylation sites (tertiary alicyclic amines) is 1. The third-order valence-corrected chi connectivity index (χ3v) is 2.85. The summed E-state index contributed by atoms with van der Waals surface area (Å²) < 4.78 is 0. The van der Waals surface area contributed by atoms with Crippen LogP contribution in [0.4, 0.5) is 4.79 Å². The third kappa shape index (κ3) is 4.42. The van der Waals surface area contributed by atoms with Crippen molar-refractivity contribution in [2.75, 3.05) is 6.54 Å². The molecule has 96 valence electrons. The summed E-state index contributed by atoms with van der Waals surface area (Å²) in [4.78, 5) is 34.9. The van der Waals surface area contributed by atoms with Gasteiger partial charge in [-0.1, -0.05) is 0 Å². The number of amides is 3. The summed E-state index contributed by atoms with van der Waals surface area (Å²) in [7, 11) is 0. The zero-order valence-electron chi connectivity index (χ0n) is 9.94. The smallest absolute Gasteiger partial charge is 0.324 e. The minimum Gasteiger partial charge on any atom is -0.481 e. The van der Waals surface area contributed by atoms with Gasteiger partial charge in [0, 0.05) is 25.4 Å². The number of urea groups is 1. The first kappa shape index (κ1) is 13.5. The van der Waals surface area contributed by atoms with Gasteiger partial charge in [0.05, 0.1) is 0 Å². The van der Waals surface area contributed by atoms with Gasteiger partial charge in [-0.05, 0) is 26.2 Å². The molecule has 3 amide bonds. The van der Waals surface area contributed by atoms with Gasteiger partial charge < -0.3 is 10.0 Å². The van der Waals surface area contributed by atoms with E-state index in [1.165, 1.54) is 0 Å². The van der Waals surface area contributed by atoms with Gasteiger partial charge in [0.15, 0.2) is 0 Å². The van der Waals surface area contributed by atoms with Gasteiger partial charge in [0.25, 0.3) is 0 Å². The molecule has 0 radical (unpaired) electrons. The molecule has 0 saturated carbocycles. The number of carbonyl (C=O) groups is 3. The molecular weight excluding hydrogens is 224 g/mol. The second-order valence-electron chi connectivity index (χ2n) is 4.29. The Morgan fingerprint density at radius 1 is 1.35 bits per heavy atom. The maximum Gasteiger partial charge on any atom is 0.324 e. The van der Waals surface area contributed by atoms with E-state index in [4.69, 9.17) is 5.11 Å². The van der Waals surface area contributed by atoms with Crippen molar-refractivity contribution in [2.45, 2.75) is 45.1 Å². The predicted molar refractivity (Wildman–Crippen MR) is 60.4 cm³/mol. The lowest BCUT2D eigenvalue weighted by Crippen LogP contribution is -2.44. The van der Waals surface area contributed by atoms with Crippen LogP contribution >= 0.6 is 0 Å². The maximum absolute atomic E-state index is 11.6. The lowest BCUT2D eigenvalue weighted by atomic mass is 10.2. The van der Waals surface area contributed by atoms with E-state index in [0.717, 1.165) is 12.8 Å². The van der Waals surface area contributed by atoms with Crippen LogP contribution in [-0.2, 0) is 9.59 Å². The van der Waals surface area contributed by atoms with Gasteiger partial charge in [-0.2, -0.15) is 0 Å². The summed E-state index contributed by atoms with van der Waals surface area (Å²) in [6.07, 6.45) is 2.19. The lowest BCUT2D eigenvalue weighted by molar-refractivity contribution is -0.137. The number of imide groups is 1. The normalized spacial score (nSPS) is 19.1. The number of rotatable bonds is 4. The van der Waals surface area contributed by atoms with Crippen molar-refractivity contribution in [1.29, 1.82) is 0 Å². The first-order valence-electron chi connectivity index (χ1n) is 5.83. The van der Waals surface area contributed by atoms with E-state index in [-0.39, 0.29) is 31.3 Å². The molecule has 0 aromatic heterocycles. The molecular formula is C11H18N2O4. The summed E-state index contributed by atoms with van der Waals surface area (Å²) in [5.41, 5.74) is 0. The second-order valence-corrected chi connectivity index (χ2v) is 4.29. The molecule has 1 heterocycles. The Labute approximate surface area is 100.0 Å². The lowest BCUT2D eigenvalue weighted by Gasteiger charge is -2.21. The fourth-order valence-corrected chi connectivity index (χ4v) is 1.89. The second kappa shape index (κ2) is 6.22. The molecule has 0 aliphatic carbocycles. The summed E-state index contributed by atoms with van der Waals surface area (Å²) in [6, 6.07) is -0.197. The van der Waals surface area contributed by atoms with E-state index in [2.05, 4.69) is 5.32 Å². The zero-order chi connectivity index (χ0) is 12.8. The number of hydrogen-bond acceptors (Lipinski definition) is 3. The topological polar surface area (TPSA) is 86.7 Å². The zero-order valence-corrected chi connectivity index (χ0v) is 9.94. The SMILES string of the molecule is CC1CCCN1C(=O)NC(=O)CCCC(=O)O. The van der Waals surface area contributed by atoms with Gasteiger partial charge in [0.2, 0.25) is 5.91 Å². The molecule has 0 aromatic rings. The van der Waals surface area contributed by atoms with Crippen LogP contribution in [-0.4, -0.2) is 40.5 Å². The van der Waals surface area contributed by atoms with Crippen molar-refractivity contribution in [3.8, 4) is 0 Å². The molecule has 1 aliphatic rings. The number of aliphatic carboxylic acids is 1. The molecule has 2 N–H and O–H groups in total. The average Bonchev–Trinajstić information content (AvgIpc) is 2.63. The highest BCUT2D eigenvalue weighted by Crippen LogP contribution is 2.15. The van der Waals surface area contributed by atoms with Crippen LogP contribution in [0.25, 0.3) is 0 Å². The van der Waals surface area contributed by atoms with E-state index < -0.39 is 11.9 Å². The molecule has 17 heavy (non-hydrogen) atoms. The van der Waals surface area contributed by atoms with Gasteiger partial charge in [0.1, 0.15) is 0 Å². The number of hydrogen-bond donors (Lipinski definition) is 2. The molecule has 1 rings (SSSR count). The number of carbonyl (C=O) groups excluding carboxylic acids is 2. The molecule has 1 aliphatic heterocycles. The Morgan fingerprint density at radius 2 is 2.06 bits per heavy atom. The van der Waals surface area contributed by atoms with Crippen molar-refractivity contribution in [1.82, 2.24) is 10.2 Å². The minimum absolute atomic E-state index is 0.0538. The highest BCUT2D eigenvalue weighted by Gasteiger charge is 2.25. The maximum atomic E-state index is 11.6. The summed E-state index contributed by atoms with van der Waals surface area (Å²) in [6.45, 7) is 2.62. The summed E-state index contributed by atoms with van der Waals surface area (Å²) in [5, 5.41) is 10.7. The van der Waals surface area contributed by atoms with Crippen LogP contribution in [0.5, 0.6) is 0 Å². The van der Waals surface area contributed by atoms with Crippen LogP contribution in [0.1, 0.15) is 39.0 Å². The Balaban J connectivity index is 2.26. The van der Waals surface area contributed by atoms with Crippen molar-refractivity contribution in [2.24, 2.45) is 0 Å². The minimum atomic E-state index is -0.933. The van der Waals surface area contributed by atoms with Crippen LogP contribution < -0.4 is 5.32 Å². The average molecular weight is 242 g/mol. The van der Waals surface area contributed by atoms with Crippen molar-refractivity contribution in [3.63, 3.8) is 0 Å². The largest absolute Gasteiger partial charge is 0.481 e. The molecule has 6 heteroatoms. The number of nitrogens with zero attached hydrogens (tertiary/aromatic N) is 1. The molecule has 1 saturated heterocycles. The number of carboxylic acids is 1. The van der Waals surface area contributed by atoms with Crippen molar-refractivity contribution >= 4 is 17.9 Å². The summed E-state index contributed by atoms with van der Waals surface area (Å²) in [5.74, 6) is -1.34. The Hall–Kier alpha value is -1.59. The molecule has 1 atom stereocenters. The van der Waals surface area contributed by atoms with E-state index >= 15 is 0 Å². The fraction of sp³-hybridized carbons (Fsp3) is 0.727. The number of carboxylic acid groups (broad SMARTS) is 1. The Bertz CT molecular complexity index is 317. The van der Waals surface area contributed by atoms with Crippen LogP contribution in [0, 0.1) is 0 Å². The van der Waals surface area contributed by atoms with Crippen LogP contribution in [0.3, 0.4) is 0 Å². The van der Waals surface area contributed by atoms with Crippen LogP contribution in [0.15, 0.2) is 0 Å². The van der Waals surface area contributed by atoms with Crippen LogP contribution in [0.2, 0.25) is 0 Å². The van der Waals surface area contributed by atoms with E-state index in [1.54, 1.807) is 4.90 Å². The monoisotopic (exact) mass is 242 g/mol. The standard InChI is InChI=1S/C11H18N2O4/c1-8-4-3-7-13(8)11(17)12-9(14)5-2-6-10(15)16/h8H,2-7H2,1H3,(H,15,16)(H,12,14,17). The van der Waals surface area contributed by atoms with E-state index in [9.17, 15) is 14.4 Å². The molecule has 0 spiro atoms. The molecule has 0 aromatic carbocycles. The Kier molecular flexibility index (Phi) is 4.93. The first-order valence-corrected chi connectivity index (χ1v) is 5.83. The first-order chi connectivity index (χ1) is 8.00. The Morgan fingerprint density at radius 3 is 2.59 bits per heavy atom. The highest BCUT2D eigenvalue weighted by atomic mass is 16.4. The van der Waals surface area contributed by atoms with Crippen molar-refractivity contribution in [3.05, 3.63) is 0 Å². The van der Waals surface area contributed by atoms with Gasteiger partial charge in [-0.3, -0.25) is 14.9 Å². The van der Waals surface area contributed by atoms with Crippen molar-refractivity contribution < 1.29 is 19.5 Å². The number of nitrogens with one attached hydrogen (secondary N) is 1. The quantitative estimate of drug-likeness (QED) is 0.768. The van der Waals surface area contributed by atoms with Gasteiger partial charge >= 0.3 is 12.0 Å². The molecule has 1 unspecified atom stereocenters. The molecule has 1 fully saturated rings. The highest BCUT2D eigenvalue weighted by molar-refractivity contribution is 5.94. The van der Waals surface area contributed by atoms with Gasteiger partial charge in [-0.25, -0.2) is 4.79 Å². The molecule has 6 nitrogen and oxygen atoms in total. The third-order valence-electron chi connectivity index (χ3n) is 2.85. The van der Waals surface area contributed by atoms with E-state index in [0.29, 0.717) is 6.54 Å². The van der Waals surface area contributed by atoms with Gasteiger partial charge in [-0.15, -0.1) is 0 Å². The fourth-order valence-electron chi connectivity index (χ4n) is 1.89. The van der Waals surface area contributed by atoms with E-state index in [1.807, 2.05) is 6.92 Å². The summed E-state index contributed by atoms with van der Waals surface area (Å²) >= 11 is 0.